The van der Waals surface area contributed by atoms with E-state index in [1.165, 1.54) is 12.8 Å². The van der Waals surface area contributed by atoms with Crippen LogP contribution in [0.3, 0.4) is 0 Å². The van der Waals surface area contributed by atoms with Gasteiger partial charge in [-0.05, 0) is 30.0 Å². The Morgan fingerprint density at radius 1 is 1.47 bits per heavy atom. The quantitative estimate of drug-likeness (QED) is 0.825. The van der Waals surface area contributed by atoms with E-state index in [9.17, 15) is 4.79 Å². The Morgan fingerprint density at radius 2 is 2.26 bits per heavy atom. The first-order chi connectivity index (χ1) is 9.11. The number of hydrogen-bond donors (Lipinski definition) is 1. The lowest BCUT2D eigenvalue weighted by molar-refractivity contribution is -0.118. The number of nitrogens with one attached hydrogen (secondary N) is 1. The number of unbranched alkanes of at least 4 members (excludes halogenated alkanes) is 1. The maximum atomic E-state index is 11.3. The molecular formula is C15H20ClNO2. The van der Waals surface area contributed by atoms with Crippen LogP contribution in [-0.2, 0) is 4.79 Å². The number of carbonyl (C=O) groups excluding carboxylic acids is 1. The van der Waals surface area contributed by atoms with Crippen LogP contribution in [0.4, 0.5) is 5.69 Å². The molecule has 1 aliphatic rings. The summed E-state index contributed by atoms with van der Waals surface area (Å²) in [6.07, 6.45) is 3.49. The van der Waals surface area contributed by atoms with Crippen LogP contribution in [0.25, 0.3) is 0 Å². The lowest BCUT2D eigenvalue weighted by Gasteiger charge is -2.22. The third-order valence-corrected chi connectivity index (χ3v) is 4.15. The molecular weight excluding hydrogens is 262 g/mol. The molecule has 0 saturated heterocycles. The summed E-state index contributed by atoms with van der Waals surface area (Å²) in [7, 11) is 0. The van der Waals surface area contributed by atoms with Crippen molar-refractivity contribution in [3.8, 4) is 5.75 Å². The average molecular weight is 282 g/mol. The van der Waals surface area contributed by atoms with Crippen molar-refractivity contribution in [2.75, 3.05) is 11.9 Å². The molecule has 19 heavy (non-hydrogen) atoms. The molecule has 0 saturated carbocycles. The predicted molar refractivity (Wildman–Crippen MR) is 77.8 cm³/mol. The third kappa shape index (κ3) is 3.41. The molecule has 4 heteroatoms. The monoisotopic (exact) mass is 281 g/mol. The zero-order valence-corrected chi connectivity index (χ0v) is 12.2. The summed E-state index contributed by atoms with van der Waals surface area (Å²) in [6, 6.07) is 5.79. The van der Waals surface area contributed by atoms with Crippen molar-refractivity contribution in [1.82, 2.24) is 0 Å². The first-order valence-electron chi connectivity index (χ1n) is 6.82. The Morgan fingerprint density at radius 3 is 3.00 bits per heavy atom. The number of hydrogen-bond acceptors (Lipinski definition) is 2. The minimum absolute atomic E-state index is 0.0318. The lowest BCUT2D eigenvalue weighted by Crippen LogP contribution is -2.25. The first kappa shape index (κ1) is 14.2. The predicted octanol–water partition coefficient (Wildman–Crippen LogP) is 4.12. The lowest BCUT2D eigenvalue weighted by atomic mass is 9.95. The molecule has 0 spiro atoms. The van der Waals surface area contributed by atoms with Gasteiger partial charge in [0.05, 0.1) is 11.1 Å². The van der Waals surface area contributed by atoms with Crippen molar-refractivity contribution in [2.45, 2.75) is 38.5 Å². The second kappa shape index (κ2) is 6.29. The second-order valence-electron chi connectivity index (χ2n) is 5.11. The van der Waals surface area contributed by atoms with Crippen LogP contribution >= 0.6 is 11.6 Å². The molecule has 1 amide bonds. The van der Waals surface area contributed by atoms with Crippen LogP contribution in [0.5, 0.6) is 5.75 Å². The summed E-state index contributed by atoms with van der Waals surface area (Å²) < 4.78 is 5.34. The fourth-order valence-electron chi connectivity index (χ4n) is 2.27. The fourth-order valence-corrected chi connectivity index (χ4v) is 2.53. The van der Waals surface area contributed by atoms with Gasteiger partial charge in [0.2, 0.25) is 0 Å². The number of halogens is 1. The van der Waals surface area contributed by atoms with Crippen molar-refractivity contribution >= 4 is 23.2 Å². The summed E-state index contributed by atoms with van der Waals surface area (Å²) in [6.45, 7) is 4.44. The van der Waals surface area contributed by atoms with Gasteiger partial charge in [-0.25, -0.2) is 0 Å². The van der Waals surface area contributed by atoms with Gasteiger partial charge in [0.15, 0.2) is 6.61 Å². The van der Waals surface area contributed by atoms with Crippen LogP contribution in [0, 0.1) is 5.92 Å². The largest absolute Gasteiger partial charge is 0.482 e. The van der Waals surface area contributed by atoms with Crippen LogP contribution in [0.2, 0.25) is 0 Å². The van der Waals surface area contributed by atoms with Gasteiger partial charge in [0.1, 0.15) is 5.75 Å². The molecule has 0 fully saturated rings. The van der Waals surface area contributed by atoms with Crippen LogP contribution < -0.4 is 10.1 Å². The molecule has 0 aromatic heterocycles. The van der Waals surface area contributed by atoms with Gasteiger partial charge in [0, 0.05) is 0 Å². The molecule has 0 radical (unpaired) electrons. The van der Waals surface area contributed by atoms with Crippen LogP contribution in [-0.4, -0.2) is 12.5 Å². The van der Waals surface area contributed by atoms with E-state index in [1.807, 2.05) is 18.2 Å². The van der Waals surface area contributed by atoms with E-state index in [4.69, 9.17) is 16.3 Å². The van der Waals surface area contributed by atoms with Crippen molar-refractivity contribution in [3.05, 3.63) is 23.8 Å². The molecule has 1 aromatic carbocycles. The van der Waals surface area contributed by atoms with Gasteiger partial charge in [-0.3, -0.25) is 4.79 Å². The zero-order valence-electron chi connectivity index (χ0n) is 11.4. The van der Waals surface area contributed by atoms with Gasteiger partial charge < -0.3 is 10.1 Å². The number of carbonyl (C=O) groups is 1. The molecule has 1 N–H and O–H groups in total. The standard InChI is InChI=1S/C15H20ClNO2/c1-3-4-5-10(2)15(16)11-6-7-13-12(8-11)17-14(18)9-19-13/h6-8,10,15H,3-5,9H2,1-2H3,(H,17,18). The number of rotatable bonds is 5. The van der Waals surface area contributed by atoms with Gasteiger partial charge in [0.25, 0.3) is 5.91 Å². The normalized spacial score (nSPS) is 17.1. The molecule has 2 rings (SSSR count). The molecule has 3 nitrogen and oxygen atoms in total. The van der Waals surface area contributed by atoms with Crippen LogP contribution in [0.15, 0.2) is 18.2 Å². The van der Waals surface area contributed by atoms with Crippen molar-refractivity contribution in [2.24, 2.45) is 5.92 Å². The number of ether oxygens (including phenoxy) is 1. The Bertz CT molecular complexity index is 461. The SMILES string of the molecule is CCCCC(C)C(Cl)c1ccc2c(c1)NC(=O)CO2. The Hall–Kier alpha value is -1.22. The number of alkyl halides is 1. The number of benzene rings is 1. The van der Waals surface area contributed by atoms with Crippen molar-refractivity contribution < 1.29 is 9.53 Å². The summed E-state index contributed by atoms with van der Waals surface area (Å²) >= 11 is 6.52. The van der Waals surface area contributed by atoms with Gasteiger partial charge in [-0.2, -0.15) is 0 Å². The van der Waals surface area contributed by atoms with E-state index in [0.29, 0.717) is 11.7 Å². The van der Waals surface area contributed by atoms with Gasteiger partial charge in [-0.15, -0.1) is 11.6 Å². The molecule has 0 aliphatic carbocycles. The van der Waals surface area contributed by atoms with Crippen LogP contribution in [0.1, 0.15) is 44.1 Å². The maximum absolute atomic E-state index is 11.3. The molecule has 104 valence electrons. The molecule has 0 bridgehead atoms. The topological polar surface area (TPSA) is 38.3 Å². The summed E-state index contributed by atoms with van der Waals surface area (Å²) in [4.78, 5) is 11.3. The summed E-state index contributed by atoms with van der Waals surface area (Å²) in [5, 5.41) is 2.78. The Balaban J connectivity index is 2.12. The van der Waals surface area contributed by atoms with Crippen molar-refractivity contribution in [3.63, 3.8) is 0 Å². The van der Waals surface area contributed by atoms with Gasteiger partial charge >= 0.3 is 0 Å². The number of amides is 1. The highest BCUT2D eigenvalue weighted by Crippen LogP contribution is 2.37. The smallest absolute Gasteiger partial charge is 0.262 e. The average Bonchev–Trinajstić information content (AvgIpc) is 2.43. The third-order valence-electron chi connectivity index (χ3n) is 3.47. The van der Waals surface area contributed by atoms with E-state index < -0.39 is 0 Å². The minimum atomic E-state index is -0.116. The van der Waals surface area contributed by atoms with Crippen molar-refractivity contribution in [1.29, 1.82) is 0 Å². The second-order valence-corrected chi connectivity index (χ2v) is 5.58. The van der Waals surface area contributed by atoms with E-state index in [-0.39, 0.29) is 17.9 Å². The van der Waals surface area contributed by atoms with E-state index in [2.05, 4.69) is 19.2 Å². The molecule has 2 unspecified atom stereocenters. The minimum Gasteiger partial charge on any atom is -0.482 e. The highest BCUT2D eigenvalue weighted by Gasteiger charge is 2.20. The zero-order chi connectivity index (χ0) is 13.8. The molecule has 2 atom stereocenters. The molecule has 1 heterocycles. The van der Waals surface area contributed by atoms with E-state index in [1.54, 1.807) is 0 Å². The highest BCUT2D eigenvalue weighted by atomic mass is 35.5. The van der Waals surface area contributed by atoms with Gasteiger partial charge in [-0.1, -0.05) is 32.8 Å². The highest BCUT2D eigenvalue weighted by molar-refractivity contribution is 6.21. The molecule has 1 aromatic rings. The maximum Gasteiger partial charge on any atom is 0.262 e. The first-order valence-corrected chi connectivity index (χ1v) is 7.26. The summed E-state index contributed by atoms with van der Waals surface area (Å²) in [5.41, 5.74) is 1.76. The van der Waals surface area contributed by atoms with E-state index >= 15 is 0 Å². The Kier molecular flexibility index (Phi) is 4.70. The number of fused-ring (bicyclic) bond motifs is 1. The Labute approximate surface area is 119 Å². The molecule has 1 aliphatic heterocycles. The van der Waals surface area contributed by atoms with E-state index in [0.717, 1.165) is 17.7 Å². The summed E-state index contributed by atoms with van der Waals surface area (Å²) in [5.74, 6) is 1.02. The fraction of sp³-hybridized carbons (Fsp3) is 0.533. The number of anilines is 1.